The highest BCUT2D eigenvalue weighted by atomic mass is 127. The quantitative estimate of drug-likeness (QED) is 0.203. The minimum Gasteiger partial charge on any atom is -0.493 e. The fourth-order valence-electron chi connectivity index (χ4n) is 3.57. The lowest BCUT2D eigenvalue weighted by Gasteiger charge is -2.21. The van der Waals surface area contributed by atoms with Crippen molar-refractivity contribution >= 4 is 41.4 Å². The third-order valence-electron chi connectivity index (χ3n) is 5.28. The van der Waals surface area contributed by atoms with Crippen molar-refractivity contribution in [2.75, 3.05) is 50.7 Å². The Hall–Kier alpha value is -2.07. The van der Waals surface area contributed by atoms with Gasteiger partial charge in [0.05, 0.1) is 6.61 Å². The van der Waals surface area contributed by atoms with Crippen molar-refractivity contribution in [2.24, 2.45) is 4.99 Å². The molecule has 0 unspecified atom stereocenters. The maximum atomic E-state index is 5.77. The van der Waals surface area contributed by atoms with Gasteiger partial charge in [-0.05, 0) is 36.6 Å². The molecular weight excluding hydrogens is 517 g/mol. The highest BCUT2D eigenvalue weighted by Gasteiger charge is 2.11. The van der Waals surface area contributed by atoms with Gasteiger partial charge in [0.1, 0.15) is 11.6 Å². The summed E-state index contributed by atoms with van der Waals surface area (Å²) in [5.41, 5.74) is 2.05. The highest BCUT2D eigenvalue weighted by molar-refractivity contribution is 14.0. The first-order valence-corrected chi connectivity index (χ1v) is 11.2. The predicted octanol–water partition coefficient (Wildman–Crippen LogP) is 4.68. The molecule has 3 rings (SSSR count). The van der Waals surface area contributed by atoms with Gasteiger partial charge in [0.15, 0.2) is 5.96 Å². The first-order chi connectivity index (χ1) is 15.3. The molecule has 176 valence electrons. The van der Waals surface area contributed by atoms with E-state index in [4.69, 9.17) is 9.47 Å². The van der Waals surface area contributed by atoms with Crippen LogP contribution in [-0.2, 0) is 11.3 Å². The molecule has 32 heavy (non-hydrogen) atoms. The zero-order valence-electron chi connectivity index (χ0n) is 19.2. The van der Waals surface area contributed by atoms with Gasteiger partial charge in [0.2, 0.25) is 0 Å². The number of halogens is 1. The molecule has 1 fully saturated rings. The van der Waals surface area contributed by atoms with E-state index in [-0.39, 0.29) is 24.0 Å². The van der Waals surface area contributed by atoms with Gasteiger partial charge in [-0.25, -0.2) is 4.98 Å². The third-order valence-corrected chi connectivity index (χ3v) is 5.28. The van der Waals surface area contributed by atoms with Crippen LogP contribution in [0, 0.1) is 0 Å². The molecule has 0 spiro atoms. The van der Waals surface area contributed by atoms with E-state index in [1.807, 2.05) is 30.5 Å². The normalized spacial score (nSPS) is 14.3. The zero-order valence-corrected chi connectivity index (χ0v) is 21.5. The van der Waals surface area contributed by atoms with Crippen LogP contribution in [0.4, 0.5) is 11.5 Å². The van der Waals surface area contributed by atoms with Crippen LogP contribution in [0.1, 0.15) is 37.7 Å². The molecule has 2 heterocycles. The Morgan fingerprint density at radius 1 is 1.09 bits per heavy atom. The van der Waals surface area contributed by atoms with Crippen LogP contribution in [0.2, 0.25) is 0 Å². The number of anilines is 2. The number of nitrogens with zero attached hydrogens (tertiary/aromatic N) is 3. The summed E-state index contributed by atoms with van der Waals surface area (Å²) in [6.45, 7) is 4.19. The summed E-state index contributed by atoms with van der Waals surface area (Å²) in [4.78, 5) is 11.4. The Bertz CT molecular complexity index is 808. The van der Waals surface area contributed by atoms with Crippen LogP contribution >= 0.6 is 24.0 Å². The van der Waals surface area contributed by atoms with Gasteiger partial charge in [-0.15, -0.1) is 24.0 Å². The summed E-state index contributed by atoms with van der Waals surface area (Å²) < 4.78 is 10.8. The number of nitrogens with one attached hydrogen (secondary N) is 2. The van der Waals surface area contributed by atoms with Crippen molar-refractivity contribution in [2.45, 2.75) is 38.6 Å². The van der Waals surface area contributed by atoms with Crippen LogP contribution in [0.25, 0.3) is 0 Å². The van der Waals surface area contributed by atoms with Crippen molar-refractivity contribution in [1.82, 2.24) is 10.3 Å². The number of aliphatic imine (C=N–C) groups is 1. The minimum absolute atomic E-state index is 0. The fourth-order valence-corrected chi connectivity index (χ4v) is 3.57. The summed E-state index contributed by atoms with van der Waals surface area (Å²) in [5.74, 6) is 2.61. The molecule has 1 aromatic carbocycles. The molecule has 1 aromatic heterocycles. The molecule has 0 saturated carbocycles. The average molecular weight is 553 g/mol. The molecule has 1 saturated heterocycles. The third kappa shape index (κ3) is 8.82. The van der Waals surface area contributed by atoms with E-state index in [0.29, 0.717) is 25.7 Å². The van der Waals surface area contributed by atoms with Crippen LogP contribution in [-0.4, -0.2) is 51.4 Å². The van der Waals surface area contributed by atoms with Gasteiger partial charge in [-0.1, -0.05) is 25.0 Å². The van der Waals surface area contributed by atoms with Gasteiger partial charge in [-0.3, -0.25) is 4.99 Å². The standard InChI is InChI=1S/C24H35N5O2.HI/c1-25-24(28-21-9-7-10-22(17-21)31-16-8-15-30-2)27-19-20-11-12-23(26-18-20)29-13-5-3-4-6-14-29;/h7,9-12,17-18H,3-6,8,13-16,19H2,1-2H3,(H2,25,27,28);1H. The second-order valence-electron chi connectivity index (χ2n) is 7.70. The van der Waals surface area contributed by atoms with E-state index >= 15 is 0 Å². The summed E-state index contributed by atoms with van der Waals surface area (Å²) in [6, 6.07) is 12.1. The molecule has 7 nitrogen and oxygen atoms in total. The second-order valence-corrected chi connectivity index (χ2v) is 7.70. The van der Waals surface area contributed by atoms with Gasteiger partial charge in [0, 0.05) is 64.8 Å². The fraction of sp³-hybridized carbons (Fsp3) is 0.500. The molecule has 0 bridgehead atoms. The van der Waals surface area contributed by atoms with Gasteiger partial charge in [-0.2, -0.15) is 0 Å². The smallest absolute Gasteiger partial charge is 0.195 e. The summed E-state index contributed by atoms with van der Waals surface area (Å²) >= 11 is 0. The number of rotatable bonds is 9. The Kier molecular flexibility index (Phi) is 12.2. The average Bonchev–Trinajstić information content (AvgIpc) is 3.10. The zero-order chi connectivity index (χ0) is 21.7. The van der Waals surface area contributed by atoms with E-state index < -0.39 is 0 Å². The minimum atomic E-state index is 0. The number of benzene rings is 1. The molecule has 8 heteroatoms. The van der Waals surface area contributed by atoms with Gasteiger partial charge < -0.3 is 25.0 Å². The summed E-state index contributed by atoms with van der Waals surface area (Å²) in [5, 5.41) is 6.67. The molecule has 1 aliphatic heterocycles. The number of aromatic nitrogens is 1. The van der Waals surface area contributed by atoms with Crippen LogP contribution in [0.15, 0.2) is 47.6 Å². The van der Waals surface area contributed by atoms with Crippen molar-refractivity contribution in [3.8, 4) is 5.75 Å². The molecule has 2 N–H and O–H groups in total. The Morgan fingerprint density at radius 3 is 2.59 bits per heavy atom. The van der Waals surface area contributed by atoms with E-state index in [2.05, 4.69) is 37.6 Å². The van der Waals surface area contributed by atoms with Crippen molar-refractivity contribution in [3.05, 3.63) is 48.2 Å². The molecule has 0 atom stereocenters. The second kappa shape index (κ2) is 14.9. The predicted molar refractivity (Wildman–Crippen MR) is 143 cm³/mol. The van der Waals surface area contributed by atoms with E-state index in [9.17, 15) is 0 Å². The number of ether oxygens (including phenoxy) is 2. The topological polar surface area (TPSA) is 71.0 Å². The molecular formula is C24H36IN5O2. The van der Waals surface area contributed by atoms with E-state index in [1.54, 1.807) is 14.2 Å². The first-order valence-electron chi connectivity index (χ1n) is 11.2. The lowest BCUT2D eigenvalue weighted by atomic mass is 10.2. The summed E-state index contributed by atoms with van der Waals surface area (Å²) in [6.07, 6.45) is 7.98. The van der Waals surface area contributed by atoms with Crippen LogP contribution < -0.4 is 20.3 Å². The Balaban J connectivity index is 0.00000363. The first kappa shape index (κ1) is 26.2. The molecule has 1 aliphatic rings. The number of pyridine rings is 1. The number of methoxy groups -OCH3 is 1. The van der Waals surface area contributed by atoms with Crippen LogP contribution in [0.3, 0.4) is 0 Å². The Morgan fingerprint density at radius 2 is 1.91 bits per heavy atom. The van der Waals surface area contributed by atoms with Crippen molar-refractivity contribution in [3.63, 3.8) is 0 Å². The molecule has 0 amide bonds. The van der Waals surface area contributed by atoms with Crippen molar-refractivity contribution in [1.29, 1.82) is 0 Å². The molecule has 2 aromatic rings. The number of hydrogen-bond acceptors (Lipinski definition) is 5. The SMILES string of the molecule is CN=C(NCc1ccc(N2CCCCCC2)nc1)Nc1cccc(OCCCOC)c1.I. The lowest BCUT2D eigenvalue weighted by Crippen LogP contribution is -2.30. The van der Waals surface area contributed by atoms with E-state index in [0.717, 1.165) is 42.3 Å². The maximum absolute atomic E-state index is 5.77. The van der Waals surface area contributed by atoms with Crippen LogP contribution in [0.5, 0.6) is 5.75 Å². The molecule has 0 radical (unpaired) electrons. The molecule has 0 aliphatic carbocycles. The number of hydrogen-bond donors (Lipinski definition) is 2. The van der Waals surface area contributed by atoms with Gasteiger partial charge >= 0.3 is 0 Å². The highest BCUT2D eigenvalue weighted by Crippen LogP contribution is 2.19. The monoisotopic (exact) mass is 553 g/mol. The lowest BCUT2D eigenvalue weighted by molar-refractivity contribution is 0.172. The largest absolute Gasteiger partial charge is 0.493 e. The van der Waals surface area contributed by atoms with Crippen molar-refractivity contribution < 1.29 is 9.47 Å². The maximum Gasteiger partial charge on any atom is 0.195 e. The number of guanidine groups is 1. The van der Waals surface area contributed by atoms with E-state index in [1.165, 1.54) is 25.7 Å². The van der Waals surface area contributed by atoms with Gasteiger partial charge in [0.25, 0.3) is 0 Å². The summed E-state index contributed by atoms with van der Waals surface area (Å²) in [7, 11) is 3.46. The Labute approximate surface area is 209 Å².